The Morgan fingerprint density at radius 3 is 2.62 bits per heavy atom. The molecule has 0 saturated carbocycles. The van der Waals surface area contributed by atoms with E-state index in [0.29, 0.717) is 5.69 Å². The van der Waals surface area contributed by atoms with Crippen molar-refractivity contribution >= 4 is 22.9 Å². The first-order valence-corrected chi connectivity index (χ1v) is 11.7. The molecule has 5 aromatic heterocycles. The molecular formula is C24H20F3N9O4. The van der Waals surface area contributed by atoms with Crippen LogP contribution in [0.2, 0.25) is 0 Å². The Labute approximate surface area is 221 Å². The summed E-state index contributed by atoms with van der Waals surface area (Å²) in [6, 6.07) is 1.80. The number of imidazole rings is 1. The van der Waals surface area contributed by atoms with E-state index in [1.54, 1.807) is 0 Å². The molecular weight excluding hydrogens is 535 g/mol. The fourth-order valence-electron chi connectivity index (χ4n) is 4.14. The number of aromatic nitrogens is 8. The van der Waals surface area contributed by atoms with Crippen LogP contribution in [0.5, 0.6) is 0 Å². The van der Waals surface area contributed by atoms with Crippen molar-refractivity contribution in [3.05, 3.63) is 81.1 Å². The van der Waals surface area contributed by atoms with E-state index < -0.39 is 35.1 Å². The van der Waals surface area contributed by atoms with Crippen molar-refractivity contribution in [1.29, 1.82) is 0 Å². The Morgan fingerprint density at radius 2 is 1.95 bits per heavy atom. The molecule has 1 N–H and O–H groups in total. The minimum atomic E-state index is -4.59. The van der Waals surface area contributed by atoms with Gasteiger partial charge in [-0.3, -0.25) is 28.7 Å². The molecule has 0 radical (unpaired) electrons. The minimum Gasteiger partial charge on any atom is -0.364 e. The van der Waals surface area contributed by atoms with Crippen molar-refractivity contribution in [2.45, 2.75) is 32.6 Å². The lowest BCUT2D eigenvalue weighted by Gasteiger charge is -2.15. The summed E-state index contributed by atoms with van der Waals surface area (Å²) >= 11 is 0. The van der Waals surface area contributed by atoms with Gasteiger partial charge in [-0.15, -0.1) is 0 Å². The second-order valence-corrected chi connectivity index (χ2v) is 8.89. The van der Waals surface area contributed by atoms with E-state index in [4.69, 9.17) is 4.52 Å². The maximum absolute atomic E-state index is 13.3. The first kappa shape index (κ1) is 26.5. The third-order valence-electron chi connectivity index (χ3n) is 6.19. The van der Waals surface area contributed by atoms with Gasteiger partial charge in [0.1, 0.15) is 23.7 Å². The molecule has 0 aliphatic carbocycles. The van der Waals surface area contributed by atoms with Gasteiger partial charge in [-0.25, -0.2) is 14.8 Å². The molecule has 5 rings (SSSR count). The van der Waals surface area contributed by atoms with Crippen LogP contribution >= 0.6 is 0 Å². The van der Waals surface area contributed by atoms with Crippen LogP contribution in [0.4, 0.5) is 19.0 Å². The van der Waals surface area contributed by atoms with Gasteiger partial charge in [0, 0.05) is 24.9 Å². The van der Waals surface area contributed by atoms with Gasteiger partial charge >= 0.3 is 11.9 Å². The fraction of sp³-hybridized carbons (Fsp3) is 0.250. The van der Waals surface area contributed by atoms with Crippen LogP contribution in [0.25, 0.3) is 22.4 Å². The summed E-state index contributed by atoms with van der Waals surface area (Å²) in [6.45, 7) is 2.65. The SMILES string of the molecule is Cc1cc(-c2cncc(NC(=O)[C@H](C)n3cnc4c3c(=O)n(Cc3ccon3)c(=O)n4C)n2)cnc1C(F)(F)F. The highest BCUT2D eigenvalue weighted by atomic mass is 19.4. The third-order valence-corrected chi connectivity index (χ3v) is 6.19. The van der Waals surface area contributed by atoms with E-state index >= 15 is 0 Å². The van der Waals surface area contributed by atoms with Crippen molar-refractivity contribution in [3.63, 3.8) is 0 Å². The molecule has 206 valence electrons. The average molecular weight is 555 g/mol. The fourth-order valence-corrected chi connectivity index (χ4v) is 4.14. The van der Waals surface area contributed by atoms with E-state index in [9.17, 15) is 27.6 Å². The van der Waals surface area contributed by atoms with E-state index in [0.717, 1.165) is 10.8 Å². The normalized spacial score (nSPS) is 12.6. The molecule has 0 aliphatic rings. The minimum absolute atomic E-state index is 0.0133. The van der Waals surface area contributed by atoms with E-state index in [2.05, 4.69) is 30.4 Å². The third kappa shape index (κ3) is 4.74. The number of nitrogens with one attached hydrogen (secondary N) is 1. The summed E-state index contributed by atoms with van der Waals surface area (Å²) in [5, 5.41) is 6.33. The molecule has 0 saturated heterocycles. The summed E-state index contributed by atoms with van der Waals surface area (Å²) in [5.74, 6) is -0.573. The zero-order valence-electron chi connectivity index (χ0n) is 21.2. The molecule has 16 heteroatoms. The number of anilines is 1. The number of carbonyl (C=O) groups is 1. The maximum Gasteiger partial charge on any atom is 0.433 e. The molecule has 5 aromatic rings. The largest absolute Gasteiger partial charge is 0.433 e. The summed E-state index contributed by atoms with van der Waals surface area (Å²) in [6.07, 6.45) is 1.61. The maximum atomic E-state index is 13.3. The Balaban J connectivity index is 1.44. The lowest BCUT2D eigenvalue weighted by molar-refractivity contribution is -0.141. The standard InChI is InChI=1S/C24H20F3N9O4/c1-12-6-14(7-29-19(12)24(25,26)27)16-8-28-9-17(31-16)32-21(37)13(2)36-11-30-20-18(36)22(38)35(23(39)34(20)3)10-15-4-5-40-33-15/h4-9,11,13H,10H2,1-3H3,(H,31,32,37)/t13-/m0/s1. The molecule has 40 heavy (non-hydrogen) atoms. The van der Waals surface area contributed by atoms with Gasteiger partial charge in [-0.05, 0) is 25.5 Å². The number of fused-ring (bicyclic) bond motifs is 1. The lowest BCUT2D eigenvalue weighted by atomic mass is 10.1. The van der Waals surface area contributed by atoms with Gasteiger partial charge in [0.2, 0.25) is 5.91 Å². The number of carbonyl (C=O) groups excluding carboxylic acids is 1. The smallest absolute Gasteiger partial charge is 0.364 e. The van der Waals surface area contributed by atoms with E-state index in [1.807, 2.05) is 0 Å². The quantitative estimate of drug-likeness (QED) is 0.332. The predicted molar refractivity (Wildman–Crippen MR) is 133 cm³/mol. The number of nitrogens with zero attached hydrogens (tertiary/aromatic N) is 8. The van der Waals surface area contributed by atoms with Crippen molar-refractivity contribution in [2.75, 3.05) is 5.32 Å². The molecule has 1 amide bonds. The van der Waals surface area contributed by atoms with Crippen molar-refractivity contribution in [1.82, 2.24) is 38.8 Å². The number of pyridine rings is 1. The van der Waals surface area contributed by atoms with Crippen molar-refractivity contribution in [2.24, 2.45) is 7.05 Å². The molecule has 1 atom stereocenters. The van der Waals surface area contributed by atoms with Crippen LogP contribution in [0, 0.1) is 6.92 Å². The highest BCUT2D eigenvalue weighted by Gasteiger charge is 2.34. The van der Waals surface area contributed by atoms with Crippen LogP contribution in [-0.4, -0.2) is 44.7 Å². The molecule has 0 spiro atoms. The van der Waals surface area contributed by atoms with Gasteiger partial charge < -0.3 is 14.4 Å². The Bertz CT molecular complexity index is 1860. The molecule has 0 bridgehead atoms. The molecule has 0 aromatic carbocycles. The number of hydrogen-bond donors (Lipinski definition) is 1. The van der Waals surface area contributed by atoms with E-state index in [-0.39, 0.29) is 40.3 Å². The molecule has 0 aliphatic heterocycles. The van der Waals surface area contributed by atoms with Gasteiger partial charge in [0.25, 0.3) is 5.56 Å². The highest BCUT2D eigenvalue weighted by Crippen LogP contribution is 2.31. The van der Waals surface area contributed by atoms with Gasteiger partial charge in [-0.2, -0.15) is 13.2 Å². The monoisotopic (exact) mass is 555 g/mol. The topological polar surface area (TPSA) is 156 Å². The molecule has 0 fully saturated rings. The zero-order valence-corrected chi connectivity index (χ0v) is 21.2. The van der Waals surface area contributed by atoms with Gasteiger partial charge in [-0.1, -0.05) is 5.16 Å². The van der Waals surface area contributed by atoms with Crippen LogP contribution in [0.15, 0.2) is 57.4 Å². The average Bonchev–Trinajstić information content (AvgIpc) is 3.59. The number of aryl methyl sites for hydroxylation is 2. The summed E-state index contributed by atoms with van der Waals surface area (Å²) in [4.78, 5) is 55.2. The Morgan fingerprint density at radius 1 is 1.18 bits per heavy atom. The molecule has 13 nitrogen and oxygen atoms in total. The van der Waals surface area contributed by atoms with Crippen molar-refractivity contribution < 1.29 is 22.5 Å². The Kier molecular flexibility index (Phi) is 6.53. The second kappa shape index (κ2) is 9.87. The number of amides is 1. The lowest BCUT2D eigenvalue weighted by Crippen LogP contribution is -2.40. The number of alkyl halides is 3. The second-order valence-electron chi connectivity index (χ2n) is 8.89. The number of rotatable bonds is 6. The van der Waals surface area contributed by atoms with Crippen LogP contribution in [0.3, 0.4) is 0 Å². The molecule has 0 unspecified atom stereocenters. The highest BCUT2D eigenvalue weighted by molar-refractivity contribution is 5.93. The van der Waals surface area contributed by atoms with Crippen LogP contribution in [-0.2, 0) is 24.6 Å². The van der Waals surface area contributed by atoms with Gasteiger partial charge in [0.05, 0.1) is 31.0 Å². The van der Waals surface area contributed by atoms with Crippen molar-refractivity contribution in [3.8, 4) is 11.3 Å². The number of hydrogen-bond acceptors (Lipinski definition) is 9. The summed E-state index contributed by atoms with van der Waals surface area (Å²) < 4.78 is 47.4. The van der Waals surface area contributed by atoms with Gasteiger partial charge in [0.15, 0.2) is 17.0 Å². The van der Waals surface area contributed by atoms with E-state index in [1.165, 1.54) is 67.1 Å². The zero-order chi connectivity index (χ0) is 28.8. The van der Waals surface area contributed by atoms with Crippen LogP contribution in [0.1, 0.15) is 29.9 Å². The number of halogens is 3. The summed E-state index contributed by atoms with van der Waals surface area (Å²) in [5.41, 5.74) is -1.49. The van der Waals surface area contributed by atoms with Crippen LogP contribution < -0.4 is 16.6 Å². The first-order valence-electron chi connectivity index (χ1n) is 11.7. The Hall–Kier alpha value is -5.15. The molecule has 5 heterocycles. The predicted octanol–water partition coefficient (Wildman–Crippen LogP) is 2.31. The summed E-state index contributed by atoms with van der Waals surface area (Å²) in [7, 11) is 1.45. The first-order chi connectivity index (χ1) is 19.0.